The number of carbonyl (C=O) groups excluding carboxylic acids is 3. The number of hydrogen-bond acceptors (Lipinski definition) is 6. The van der Waals surface area contributed by atoms with Crippen LogP contribution in [0.15, 0.2) is 42.5 Å². The smallest absolute Gasteiger partial charge is 0.254 e. The highest BCUT2D eigenvalue weighted by atomic mass is 35.5. The third-order valence-electron chi connectivity index (χ3n) is 7.17. The van der Waals surface area contributed by atoms with Gasteiger partial charge in [-0.3, -0.25) is 14.4 Å². The average molecular weight is 577 g/mol. The van der Waals surface area contributed by atoms with Crippen LogP contribution in [0.1, 0.15) is 46.1 Å². The van der Waals surface area contributed by atoms with Gasteiger partial charge in [-0.25, -0.2) is 0 Å². The molecule has 9 nitrogen and oxygen atoms in total. The summed E-state index contributed by atoms with van der Waals surface area (Å²) in [5.74, 6) is -0.555. The number of fused-ring (bicyclic) bond motifs is 1. The van der Waals surface area contributed by atoms with E-state index in [9.17, 15) is 19.5 Å². The van der Waals surface area contributed by atoms with Crippen molar-refractivity contribution in [3.8, 4) is 0 Å². The van der Waals surface area contributed by atoms with Crippen LogP contribution in [0.2, 0.25) is 0 Å². The fourth-order valence-corrected chi connectivity index (χ4v) is 4.75. The molecule has 0 bridgehead atoms. The molecule has 222 valence electrons. The van der Waals surface area contributed by atoms with Gasteiger partial charge in [0.15, 0.2) is 0 Å². The average Bonchev–Trinajstić information content (AvgIpc) is 3.40. The minimum Gasteiger partial charge on any atom is -0.390 e. The molecule has 0 spiro atoms. The van der Waals surface area contributed by atoms with Crippen molar-refractivity contribution in [2.75, 3.05) is 33.3 Å². The monoisotopic (exact) mass is 576 g/mol. The summed E-state index contributed by atoms with van der Waals surface area (Å²) in [6.45, 7) is 9.16. The second-order valence-corrected chi connectivity index (χ2v) is 11.3. The Labute approximate surface area is 243 Å². The van der Waals surface area contributed by atoms with Crippen LogP contribution in [0.25, 0.3) is 10.8 Å². The molecule has 40 heavy (non-hydrogen) atoms. The summed E-state index contributed by atoms with van der Waals surface area (Å²) in [6.07, 6.45) is 0.723. The highest BCUT2D eigenvalue weighted by Gasteiger charge is 2.41. The quantitative estimate of drug-likeness (QED) is 0.291. The molecule has 4 N–H and O–H groups in total. The zero-order valence-electron chi connectivity index (χ0n) is 24.2. The van der Waals surface area contributed by atoms with Crippen LogP contribution in [0, 0.1) is 5.92 Å². The molecule has 10 heteroatoms. The van der Waals surface area contributed by atoms with Crippen LogP contribution in [0.3, 0.4) is 0 Å². The third-order valence-corrected chi connectivity index (χ3v) is 7.17. The van der Waals surface area contributed by atoms with E-state index in [1.54, 1.807) is 18.7 Å². The Balaban J connectivity index is 0.00000560. The standard InChI is InChI=1S/C30H44N4O5.ClH/c1-20(2)17-31-18-24(35)19-32-27(36)25(16-21-12-13-22-9-6-7-10-23(22)15-21)33-28(37)26-11-8-14-34(26)29(38)30(3,4)39-5;/h6-7,9-10,12-13,15,20,24-26,31,35H,8,11,14,16-19H2,1-5H3,(H,32,36)(H,33,37);1H/t24?,25-,26+;/m1./s1. The Morgan fingerprint density at radius 2 is 1.77 bits per heavy atom. The fourth-order valence-electron chi connectivity index (χ4n) is 4.75. The molecule has 3 atom stereocenters. The van der Waals surface area contributed by atoms with Crippen molar-refractivity contribution in [1.82, 2.24) is 20.9 Å². The number of ether oxygens (including phenoxy) is 1. The lowest BCUT2D eigenvalue weighted by atomic mass is 10.0. The summed E-state index contributed by atoms with van der Waals surface area (Å²) in [7, 11) is 1.47. The van der Waals surface area contributed by atoms with Crippen LogP contribution in [0.5, 0.6) is 0 Å². The maximum absolute atomic E-state index is 13.5. The Morgan fingerprint density at radius 3 is 2.45 bits per heavy atom. The molecular formula is C30H45ClN4O5. The van der Waals surface area contributed by atoms with Crippen molar-refractivity contribution in [2.24, 2.45) is 5.92 Å². The number of nitrogens with one attached hydrogen (secondary N) is 3. The van der Waals surface area contributed by atoms with Crippen molar-refractivity contribution < 1.29 is 24.2 Å². The Bertz CT molecular complexity index is 1140. The topological polar surface area (TPSA) is 120 Å². The fraction of sp³-hybridized carbons (Fsp3) is 0.567. The molecule has 0 saturated carbocycles. The number of carbonyl (C=O) groups is 3. The lowest BCUT2D eigenvalue weighted by Crippen LogP contribution is -2.57. The van der Waals surface area contributed by atoms with Gasteiger partial charge >= 0.3 is 0 Å². The lowest BCUT2D eigenvalue weighted by Gasteiger charge is -2.32. The molecule has 0 aliphatic carbocycles. The van der Waals surface area contributed by atoms with Gasteiger partial charge in [-0.05, 0) is 55.5 Å². The van der Waals surface area contributed by atoms with Crippen LogP contribution in [-0.2, 0) is 25.5 Å². The van der Waals surface area contributed by atoms with Crippen LogP contribution in [-0.4, -0.2) is 84.8 Å². The normalized spacial score (nSPS) is 16.9. The van der Waals surface area contributed by atoms with Gasteiger partial charge in [0, 0.05) is 33.2 Å². The first-order chi connectivity index (χ1) is 18.5. The van der Waals surface area contributed by atoms with Gasteiger partial charge < -0.3 is 30.7 Å². The maximum Gasteiger partial charge on any atom is 0.254 e. The minimum absolute atomic E-state index is 0. The molecule has 0 radical (unpaired) electrons. The Hall–Kier alpha value is -2.72. The molecule has 1 heterocycles. The first-order valence-corrected chi connectivity index (χ1v) is 13.8. The summed E-state index contributed by atoms with van der Waals surface area (Å²) in [5.41, 5.74) is -0.155. The number of benzene rings is 2. The highest BCUT2D eigenvalue weighted by Crippen LogP contribution is 2.23. The van der Waals surface area contributed by atoms with E-state index in [1.165, 1.54) is 7.11 Å². The molecule has 1 saturated heterocycles. The predicted molar refractivity (Wildman–Crippen MR) is 159 cm³/mol. The molecule has 1 fully saturated rings. The molecule has 3 amide bonds. The highest BCUT2D eigenvalue weighted by molar-refractivity contribution is 5.94. The molecule has 1 aliphatic heterocycles. The summed E-state index contributed by atoms with van der Waals surface area (Å²) in [4.78, 5) is 41.4. The second kappa shape index (κ2) is 15.3. The van der Waals surface area contributed by atoms with E-state index in [2.05, 4.69) is 29.8 Å². The molecule has 2 aromatic carbocycles. The van der Waals surface area contributed by atoms with Crippen molar-refractivity contribution in [2.45, 2.75) is 70.7 Å². The van der Waals surface area contributed by atoms with E-state index in [-0.39, 0.29) is 43.1 Å². The molecule has 3 rings (SSSR count). The minimum atomic E-state index is -1.05. The van der Waals surface area contributed by atoms with E-state index in [0.29, 0.717) is 31.8 Å². The molecule has 1 unspecified atom stereocenters. The van der Waals surface area contributed by atoms with Crippen LogP contribution >= 0.6 is 12.4 Å². The number of hydrogen-bond donors (Lipinski definition) is 4. The largest absolute Gasteiger partial charge is 0.390 e. The van der Waals surface area contributed by atoms with E-state index < -0.39 is 23.8 Å². The van der Waals surface area contributed by atoms with Gasteiger partial charge in [0.05, 0.1) is 6.10 Å². The maximum atomic E-state index is 13.5. The first kappa shape index (κ1) is 33.5. The van der Waals surface area contributed by atoms with Crippen molar-refractivity contribution in [3.05, 3.63) is 48.0 Å². The number of amides is 3. The Morgan fingerprint density at radius 1 is 1.07 bits per heavy atom. The van der Waals surface area contributed by atoms with Gasteiger partial charge in [-0.2, -0.15) is 0 Å². The molecule has 2 aromatic rings. The predicted octanol–water partition coefficient (Wildman–Crippen LogP) is 2.43. The molecule has 0 aromatic heterocycles. The number of methoxy groups -OCH3 is 1. The van der Waals surface area contributed by atoms with Gasteiger partial charge in [0.1, 0.15) is 17.7 Å². The summed E-state index contributed by atoms with van der Waals surface area (Å²) in [6, 6.07) is 12.4. The summed E-state index contributed by atoms with van der Waals surface area (Å²) >= 11 is 0. The number of aliphatic hydroxyl groups is 1. The first-order valence-electron chi connectivity index (χ1n) is 13.8. The zero-order valence-corrected chi connectivity index (χ0v) is 25.1. The third kappa shape index (κ3) is 9.16. The van der Waals surface area contributed by atoms with Gasteiger partial charge in [-0.15, -0.1) is 12.4 Å². The van der Waals surface area contributed by atoms with Gasteiger partial charge in [-0.1, -0.05) is 56.3 Å². The van der Waals surface area contributed by atoms with Gasteiger partial charge in [0.2, 0.25) is 11.8 Å². The number of aliphatic hydroxyl groups excluding tert-OH is 1. The van der Waals surface area contributed by atoms with Crippen molar-refractivity contribution >= 4 is 40.9 Å². The SMILES string of the molecule is COC(C)(C)C(=O)N1CCC[C@H]1C(=O)N[C@H](Cc1ccc2ccccc2c1)C(=O)NCC(O)CNCC(C)C.Cl. The number of halogens is 1. The number of nitrogens with zero attached hydrogens (tertiary/aromatic N) is 1. The lowest BCUT2D eigenvalue weighted by molar-refractivity contribution is -0.154. The number of rotatable bonds is 13. The van der Waals surface area contributed by atoms with E-state index in [0.717, 1.165) is 22.9 Å². The second-order valence-electron chi connectivity index (χ2n) is 11.3. The van der Waals surface area contributed by atoms with Crippen molar-refractivity contribution in [1.29, 1.82) is 0 Å². The Kier molecular flexibility index (Phi) is 12.8. The molecule has 1 aliphatic rings. The molecular weight excluding hydrogens is 532 g/mol. The van der Waals surface area contributed by atoms with E-state index >= 15 is 0 Å². The summed E-state index contributed by atoms with van der Waals surface area (Å²) < 4.78 is 5.35. The zero-order chi connectivity index (χ0) is 28.6. The van der Waals surface area contributed by atoms with Crippen molar-refractivity contribution in [3.63, 3.8) is 0 Å². The van der Waals surface area contributed by atoms with E-state index in [1.807, 2.05) is 42.5 Å². The summed E-state index contributed by atoms with van der Waals surface area (Å²) in [5, 5.41) is 21.3. The van der Waals surface area contributed by atoms with Gasteiger partial charge in [0.25, 0.3) is 5.91 Å². The number of likely N-dealkylation sites (tertiary alicyclic amines) is 1. The van der Waals surface area contributed by atoms with Crippen LogP contribution in [0.4, 0.5) is 0 Å². The van der Waals surface area contributed by atoms with E-state index in [4.69, 9.17) is 4.74 Å². The van der Waals surface area contributed by atoms with Crippen LogP contribution < -0.4 is 16.0 Å².